The second kappa shape index (κ2) is 9.35. The topological polar surface area (TPSA) is 62.5 Å². The van der Waals surface area contributed by atoms with Gasteiger partial charge in [-0.05, 0) is 38.7 Å². The second-order valence-electron chi connectivity index (χ2n) is 7.39. The first-order valence-electron chi connectivity index (χ1n) is 9.80. The van der Waals surface area contributed by atoms with E-state index >= 15 is 0 Å². The Labute approximate surface area is 166 Å². The van der Waals surface area contributed by atoms with E-state index in [0.717, 1.165) is 31.4 Å². The normalized spacial score (nSPS) is 17.2. The van der Waals surface area contributed by atoms with Crippen LogP contribution in [0.1, 0.15) is 42.6 Å². The van der Waals surface area contributed by atoms with Gasteiger partial charge < -0.3 is 15.0 Å². The highest BCUT2D eigenvalue weighted by Gasteiger charge is 2.26. The predicted molar refractivity (Wildman–Crippen MR) is 106 cm³/mol. The van der Waals surface area contributed by atoms with Gasteiger partial charge >= 0.3 is 6.09 Å². The molecule has 1 saturated heterocycles. The van der Waals surface area contributed by atoms with Gasteiger partial charge in [0.15, 0.2) is 12.4 Å². The summed E-state index contributed by atoms with van der Waals surface area (Å²) >= 11 is 0. The van der Waals surface area contributed by atoms with Crippen molar-refractivity contribution in [1.82, 2.24) is 10.2 Å². The number of benzene rings is 1. The summed E-state index contributed by atoms with van der Waals surface area (Å²) in [4.78, 5) is 26.4. The highest BCUT2D eigenvalue weighted by molar-refractivity contribution is 5.94. The van der Waals surface area contributed by atoms with Crippen LogP contribution < -0.4 is 9.88 Å². The summed E-state index contributed by atoms with van der Waals surface area (Å²) in [5.41, 5.74) is 1.82. The Bertz CT molecular complexity index is 792. The average molecular weight is 382 g/mol. The molecule has 1 fully saturated rings. The molecule has 2 aromatic rings. The van der Waals surface area contributed by atoms with Crippen molar-refractivity contribution in [1.29, 1.82) is 0 Å². The SMILES string of the molecule is C[C@@H]1CCCN1C(=O)c1cc[n+](COC(=O)N[C@@H](C)Cc2ccccc2)cc1. The first kappa shape index (κ1) is 19.9. The average Bonchev–Trinajstić information content (AvgIpc) is 3.13. The molecule has 0 saturated carbocycles. The van der Waals surface area contributed by atoms with Crippen LogP contribution in [0.4, 0.5) is 4.79 Å². The molecule has 28 heavy (non-hydrogen) atoms. The molecular formula is C22H28N3O3+. The van der Waals surface area contributed by atoms with Gasteiger partial charge in [-0.15, -0.1) is 0 Å². The molecule has 2 atom stereocenters. The number of aromatic nitrogens is 1. The van der Waals surface area contributed by atoms with Crippen LogP contribution in [-0.2, 0) is 17.9 Å². The van der Waals surface area contributed by atoms with Crippen molar-refractivity contribution in [3.8, 4) is 0 Å². The lowest BCUT2D eigenvalue weighted by atomic mass is 10.1. The van der Waals surface area contributed by atoms with Gasteiger partial charge in [0.1, 0.15) is 0 Å². The monoisotopic (exact) mass is 382 g/mol. The van der Waals surface area contributed by atoms with Crippen LogP contribution in [0.25, 0.3) is 0 Å². The van der Waals surface area contributed by atoms with Crippen LogP contribution >= 0.6 is 0 Å². The van der Waals surface area contributed by atoms with E-state index < -0.39 is 6.09 Å². The fraction of sp³-hybridized carbons (Fsp3) is 0.409. The van der Waals surface area contributed by atoms with Crippen molar-refractivity contribution in [2.45, 2.75) is 51.9 Å². The van der Waals surface area contributed by atoms with Crippen molar-refractivity contribution in [2.75, 3.05) is 6.54 Å². The molecule has 0 bridgehead atoms. The summed E-state index contributed by atoms with van der Waals surface area (Å²) < 4.78 is 7.00. The van der Waals surface area contributed by atoms with Crippen LogP contribution in [0.15, 0.2) is 54.9 Å². The van der Waals surface area contributed by atoms with E-state index in [1.54, 1.807) is 29.1 Å². The number of nitrogens with one attached hydrogen (secondary N) is 1. The minimum atomic E-state index is -0.457. The van der Waals surface area contributed by atoms with Gasteiger partial charge in [0.25, 0.3) is 12.6 Å². The molecule has 2 heterocycles. The fourth-order valence-electron chi connectivity index (χ4n) is 3.48. The van der Waals surface area contributed by atoms with E-state index in [9.17, 15) is 9.59 Å². The van der Waals surface area contributed by atoms with E-state index in [2.05, 4.69) is 12.2 Å². The molecule has 6 heteroatoms. The number of ether oxygens (including phenoxy) is 1. The molecule has 0 aliphatic carbocycles. The van der Waals surface area contributed by atoms with Crippen LogP contribution in [0, 0.1) is 0 Å². The first-order valence-corrected chi connectivity index (χ1v) is 9.80. The minimum Gasteiger partial charge on any atom is -0.388 e. The van der Waals surface area contributed by atoms with Crippen molar-refractivity contribution >= 4 is 12.0 Å². The quantitative estimate of drug-likeness (QED) is 0.782. The third kappa shape index (κ3) is 5.31. The third-order valence-electron chi connectivity index (χ3n) is 5.05. The second-order valence-corrected chi connectivity index (χ2v) is 7.39. The molecule has 0 spiro atoms. The van der Waals surface area contributed by atoms with Crippen LogP contribution in [0.2, 0.25) is 0 Å². The number of pyridine rings is 1. The number of rotatable bonds is 6. The summed E-state index contributed by atoms with van der Waals surface area (Å²) in [6.07, 6.45) is 5.93. The zero-order valence-corrected chi connectivity index (χ0v) is 16.5. The molecule has 1 aliphatic rings. The van der Waals surface area contributed by atoms with Crippen molar-refractivity contribution < 1.29 is 18.9 Å². The maximum absolute atomic E-state index is 12.5. The van der Waals surface area contributed by atoms with Crippen LogP contribution in [0.3, 0.4) is 0 Å². The molecule has 1 aliphatic heterocycles. The molecule has 0 unspecified atom stereocenters. The van der Waals surface area contributed by atoms with Gasteiger partial charge in [0.05, 0.1) is 5.56 Å². The van der Waals surface area contributed by atoms with Crippen molar-refractivity contribution in [3.63, 3.8) is 0 Å². The Morgan fingerprint density at radius 3 is 2.57 bits per heavy atom. The standard InChI is InChI=1S/C22H27N3O3/c1-17(15-19-8-4-3-5-9-19)23-22(27)28-16-24-13-10-20(11-14-24)21(26)25-12-6-7-18(25)2/h3-5,8-11,13-14,17-18H,6-7,12,15-16H2,1-2H3/p+1/t17-,18+/m0/s1. The summed E-state index contributed by atoms with van der Waals surface area (Å²) in [6, 6.07) is 13.8. The first-order chi connectivity index (χ1) is 13.5. The number of likely N-dealkylation sites (tertiary alicyclic amines) is 1. The van der Waals surface area contributed by atoms with Gasteiger partial charge in [-0.2, -0.15) is 4.57 Å². The van der Waals surface area contributed by atoms with Gasteiger partial charge in [0.2, 0.25) is 0 Å². The Morgan fingerprint density at radius 2 is 1.93 bits per heavy atom. The lowest BCUT2D eigenvalue weighted by molar-refractivity contribution is -0.727. The molecular weight excluding hydrogens is 354 g/mol. The zero-order chi connectivity index (χ0) is 19.9. The summed E-state index contributed by atoms with van der Waals surface area (Å²) in [5, 5.41) is 2.83. The zero-order valence-electron chi connectivity index (χ0n) is 16.5. The lowest BCUT2D eigenvalue weighted by Gasteiger charge is -2.21. The van der Waals surface area contributed by atoms with Crippen molar-refractivity contribution in [2.24, 2.45) is 0 Å². The predicted octanol–water partition coefficient (Wildman–Crippen LogP) is 2.91. The van der Waals surface area contributed by atoms with Gasteiger partial charge in [0, 0.05) is 30.8 Å². The molecule has 1 aromatic heterocycles. The minimum absolute atomic E-state index is 0.0256. The lowest BCUT2D eigenvalue weighted by Crippen LogP contribution is -2.41. The Balaban J connectivity index is 1.45. The number of nitrogens with zero attached hydrogens (tertiary/aromatic N) is 2. The molecule has 1 N–H and O–H groups in total. The van der Waals surface area contributed by atoms with Crippen molar-refractivity contribution in [3.05, 3.63) is 66.0 Å². The smallest absolute Gasteiger partial charge is 0.388 e. The van der Waals surface area contributed by atoms with E-state index in [1.165, 1.54) is 0 Å². The van der Waals surface area contributed by atoms with E-state index in [0.29, 0.717) is 11.6 Å². The highest BCUT2D eigenvalue weighted by Crippen LogP contribution is 2.18. The van der Waals surface area contributed by atoms with Crippen LogP contribution in [0.5, 0.6) is 0 Å². The van der Waals surface area contributed by atoms with E-state index in [1.807, 2.05) is 42.2 Å². The highest BCUT2D eigenvalue weighted by atomic mass is 16.6. The van der Waals surface area contributed by atoms with Gasteiger partial charge in [-0.25, -0.2) is 4.79 Å². The molecule has 1 aromatic carbocycles. The maximum atomic E-state index is 12.5. The maximum Gasteiger partial charge on any atom is 0.412 e. The third-order valence-corrected chi connectivity index (χ3v) is 5.05. The molecule has 2 amide bonds. The Hall–Kier alpha value is -2.89. The number of amides is 2. The van der Waals surface area contributed by atoms with Gasteiger partial charge in [-0.3, -0.25) is 4.79 Å². The number of alkyl carbamates (subject to hydrolysis) is 1. The molecule has 3 rings (SSSR count). The fourth-order valence-corrected chi connectivity index (χ4v) is 3.48. The number of carbonyl (C=O) groups is 2. The van der Waals surface area contributed by atoms with E-state index in [-0.39, 0.29) is 18.7 Å². The van der Waals surface area contributed by atoms with E-state index in [4.69, 9.17) is 4.74 Å². The summed E-state index contributed by atoms with van der Waals surface area (Å²) in [7, 11) is 0. The molecule has 0 radical (unpaired) electrons. The molecule has 6 nitrogen and oxygen atoms in total. The molecule has 148 valence electrons. The Kier molecular flexibility index (Phi) is 6.63. The largest absolute Gasteiger partial charge is 0.412 e. The Morgan fingerprint density at radius 1 is 1.21 bits per heavy atom. The number of hydrogen-bond acceptors (Lipinski definition) is 3. The van der Waals surface area contributed by atoms with Crippen LogP contribution in [-0.4, -0.2) is 35.5 Å². The summed E-state index contributed by atoms with van der Waals surface area (Å²) in [5.74, 6) is 0.0607. The summed E-state index contributed by atoms with van der Waals surface area (Å²) in [6.45, 7) is 4.94. The van der Waals surface area contributed by atoms with Gasteiger partial charge in [-0.1, -0.05) is 30.3 Å². The number of hydrogen-bond donors (Lipinski definition) is 1. The number of carbonyl (C=O) groups excluding carboxylic acids is 2.